The Balaban J connectivity index is 1.87. The fourth-order valence-corrected chi connectivity index (χ4v) is 2.62. The number of hydrogen-bond acceptors (Lipinski definition) is 4. The van der Waals surface area contributed by atoms with Crippen molar-refractivity contribution in [2.24, 2.45) is 5.92 Å². The van der Waals surface area contributed by atoms with Gasteiger partial charge in [0.25, 0.3) is 5.56 Å². The van der Waals surface area contributed by atoms with Crippen LogP contribution in [-0.2, 0) is 13.0 Å². The smallest absolute Gasteiger partial charge is 0.302 e. The Kier molecular flexibility index (Phi) is 4.64. The van der Waals surface area contributed by atoms with Crippen LogP contribution in [0.4, 0.5) is 0 Å². The molecule has 0 aliphatic rings. The molecule has 6 nitrogen and oxygen atoms in total. The molecule has 0 saturated heterocycles. The second-order valence-electron chi connectivity index (χ2n) is 6.26. The summed E-state index contributed by atoms with van der Waals surface area (Å²) in [7, 11) is 0. The summed E-state index contributed by atoms with van der Waals surface area (Å²) in [5, 5.41) is 0.501. The van der Waals surface area contributed by atoms with Crippen LogP contribution in [0.15, 0.2) is 35.5 Å². The minimum atomic E-state index is -0.229. The third-order valence-corrected chi connectivity index (χ3v) is 3.97. The Morgan fingerprint density at radius 3 is 2.96 bits per heavy atom. The van der Waals surface area contributed by atoms with Gasteiger partial charge in [-0.25, -0.2) is 0 Å². The molecular formula is C18H22N4O2. The number of aryl methyl sites for hydroxylation is 2. The quantitative estimate of drug-likeness (QED) is 0.752. The van der Waals surface area contributed by atoms with E-state index >= 15 is 0 Å². The molecule has 1 N–H and O–H groups in total. The zero-order chi connectivity index (χ0) is 17.1. The largest absolute Gasteiger partial charge is 0.424 e. The zero-order valence-corrected chi connectivity index (χ0v) is 14.2. The van der Waals surface area contributed by atoms with Gasteiger partial charge in [-0.1, -0.05) is 20.8 Å². The van der Waals surface area contributed by atoms with Gasteiger partial charge < -0.3 is 9.30 Å². The molecule has 0 amide bonds. The SMILES string of the molecule is CCc1cc(Oc2nc3cnccc3c(=O)[nH]2)cn1CCC(C)C. The summed E-state index contributed by atoms with van der Waals surface area (Å²) in [6.45, 7) is 7.50. The predicted octanol–water partition coefficient (Wildman–Crippen LogP) is 3.52. The number of rotatable bonds is 6. The number of H-pyrrole nitrogens is 1. The summed E-state index contributed by atoms with van der Waals surface area (Å²) < 4.78 is 7.99. The standard InChI is InChI=1S/C18H22N4O2/c1-4-13-9-14(11-22(13)8-6-12(2)3)24-18-20-16-10-19-7-5-15(16)17(23)21-18/h5,7,9-12H,4,6,8H2,1-3H3,(H,20,21,23). The van der Waals surface area contributed by atoms with Crippen molar-refractivity contribution in [1.29, 1.82) is 0 Å². The van der Waals surface area contributed by atoms with E-state index in [-0.39, 0.29) is 11.6 Å². The van der Waals surface area contributed by atoms with Gasteiger partial charge in [-0.05, 0) is 24.8 Å². The molecule has 0 spiro atoms. The second-order valence-corrected chi connectivity index (χ2v) is 6.26. The third-order valence-electron chi connectivity index (χ3n) is 3.97. The molecule has 0 radical (unpaired) electrons. The minimum Gasteiger partial charge on any atom is -0.424 e. The lowest BCUT2D eigenvalue weighted by Gasteiger charge is -2.09. The summed E-state index contributed by atoms with van der Waals surface area (Å²) in [6, 6.07) is 3.82. The van der Waals surface area contributed by atoms with Gasteiger partial charge >= 0.3 is 6.01 Å². The van der Waals surface area contributed by atoms with Crippen LogP contribution in [0.2, 0.25) is 0 Å². The van der Waals surface area contributed by atoms with Crippen molar-refractivity contribution in [2.45, 2.75) is 40.2 Å². The van der Waals surface area contributed by atoms with Gasteiger partial charge in [0.1, 0.15) is 5.75 Å². The van der Waals surface area contributed by atoms with E-state index in [2.05, 4.69) is 40.3 Å². The number of aromatic nitrogens is 4. The van der Waals surface area contributed by atoms with E-state index in [1.165, 1.54) is 5.69 Å². The van der Waals surface area contributed by atoms with Crippen molar-refractivity contribution in [2.75, 3.05) is 0 Å². The molecular weight excluding hydrogens is 304 g/mol. The molecule has 0 unspecified atom stereocenters. The molecule has 3 aromatic heterocycles. The Morgan fingerprint density at radius 2 is 2.21 bits per heavy atom. The maximum atomic E-state index is 12.1. The first-order chi connectivity index (χ1) is 11.6. The number of nitrogens with zero attached hydrogens (tertiary/aromatic N) is 3. The summed E-state index contributed by atoms with van der Waals surface area (Å²) in [6.07, 6.45) is 7.13. The van der Waals surface area contributed by atoms with Crippen molar-refractivity contribution in [1.82, 2.24) is 19.5 Å². The molecule has 0 bridgehead atoms. The van der Waals surface area contributed by atoms with Crippen molar-refractivity contribution in [3.05, 3.63) is 46.8 Å². The normalized spacial score (nSPS) is 11.3. The number of fused-ring (bicyclic) bond motifs is 1. The summed E-state index contributed by atoms with van der Waals surface area (Å²) in [4.78, 5) is 23.1. The van der Waals surface area contributed by atoms with Crippen LogP contribution in [0.1, 0.15) is 32.9 Å². The van der Waals surface area contributed by atoms with Crippen LogP contribution in [0.5, 0.6) is 11.8 Å². The molecule has 24 heavy (non-hydrogen) atoms. The lowest BCUT2D eigenvalue weighted by molar-refractivity contribution is 0.439. The lowest BCUT2D eigenvalue weighted by Crippen LogP contribution is -2.09. The van der Waals surface area contributed by atoms with E-state index in [0.717, 1.165) is 19.4 Å². The highest BCUT2D eigenvalue weighted by Crippen LogP contribution is 2.23. The summed E-state index contributed by atoms with van der Waals surface area (Å²) >= 11 is 0. The minimum absolute atomic E-state index is 0.184. The highest BCUT2D eigenvalue weighted by atomic mass is 16.5. The van der Waals surface area contributed by atoms with Gasteiger partial charge in [0, 0.05) is 30.7 Å². The van der Waals surface area contributed by atoms with Crippen LogP contribution in [0, 0.1) is 5.92 Å². The van der Waals surface area contributed by atoms with Gasteiger partial charge in [-0.15, -0.1) is 0 Å². The topological polar surface area (TPSA) is 72.8 Å². The fourth-order valence-electron chi connectivity index (χ4n) is 2.62. The first-order valence-electron chi connectivity index (χ1n) is 8.27. The molecule has 3 aromatic rings. The van der Waals surface area contributed by atoms with Crippen molar-refractivity contribution in [3.8, 4) is 11.8 Å². The average Bonchev–Trinajstić information content (AvgIpc) is 2.95. The monoisotopic (exact) mass is 326 g/mol. The number of hydrogen-bond donors (Lipinski definition) is 1. The molecule has 126 valence electrons. The Labute approximate surface area is 140 Å². The molecule has 0 saturated carbocycles. The molecule has 0 aromatic carbocycles. The Hall–Kier alpha value is -2.63. The molecule has 0 fully saturated rings. The third kappa shape index (κ3) is 3.48. The number of nitrogens with one attached hydrogen (secondary N) is 1. The van der Waals surface area contributed by atoms with Crippen molar-refractivity contribution >= 4 is 10.9 Å². The van der Waals surface area contributed by atoms with E-state index in [4.69, 9.17) is 4.74 Å². The van der Waals surface area contributed by atoms with Crippen LogP contribution in [-0.4, -0.2) is 19.5 Å². The fraction of sp³-hybridized carbons (Fsp3) is 0.389. The van der Waals surface area contributed by atoms with Gasteiger partial charge in [0.2, 0.25) is 0 Å². The maximum Gasteiger partial charge on any atom is 0.302 e. The first kappa shape index (κ1) is 16.2. The number of aromatic amines is 1. The van der Waals surface area contributed by atoms with E-state index < -0.39 is 0 Å². The van der Waals surface area contributed by atoms with Gasteiger partial charge in [-0.3, -0.25) is 14.8 Å². The lowest BCUT2D eigenvalue weighted by atomic mass is 10.1. The average molecular weight is 326 g/mol. The summed E-state index contributed by atoms with van der Waals surface area (Å²) in [5.41, 5.74) is 1.49. The van der Waals surface area contributed by atoms with Gasteiger partial charge in [0.15, 0.2) is 0 Å². The van der Waals surface area contributed by atoms with Crippen LogP contribution >= 0.6 is 0 Å². The van der Waals surface area contributed by atoms with Crippen LogP contribution in [0.25, 0.3) is 10.9 Å². The zero-order valence-electron chi connectivity index (χ0n) is 14.2. The van der Waals surface area contributed by atoms with Crippen molar-refractivity contribution < 1.29 is 4.74 Å². The Morgan fingerprint density at radius 1 is 1.38 bits per heavy atom. The van der Waals surface area contributed by atoms with E-state index in [0.29, 0.717) is 22.6 Å². The van der Waals surface area contributed by atoms with E-state index in [1.54, 1.807) is 18.5 Å². The highest BCUT2D eigenvalue weighted by Gasteiger charge is 2.10. The Bertz CT molecular complexity index is 895. The highest BCUT2D eigenvalue weighted by molar-refractivity contribution is 5.76. The van der Waals surface area contributed by atoms with E-state index in [1.807, 2.05) is 12.3 Å². The second kappa shape index (κ2) is 6.86. The maximum absolute atomic E-state index is 12.1. The molecule has 6 heteroatoms. The molecule has 0 aliphatic heterocycles. The van der Waals surface area contributed by atoms with Crippen LogP contribution < -0.4 is 10.3 Å². The van der Waals surface area contributed by atoms with Gasteiger partial charge in [0.05, 0.1) is 17.1 Å². The van der Waals surface area contributed by atoms with Gasteiger partial charge in [-0.2, -0.15) is 4.98 Å². The molecule has 0 aliphatic carbocycles. The molecule has 3 rings (SSSR count). The first-order valence-corrected chi connectivity index (χ1v) is 8.27. The number of ether oxygens (including phenoxy) is 1. The number of pyridine rings is 1. The predicted molar refractivity (Wildman–Crippen MR) is 93.5 cm³/mol. The molecule has 0 atom stereocenters. The van der Waals surface area contributed by atoms with Crippen molar-refractivity contribution in [3.63, 3.8) is 0 Å². The summed E-state index contributed by atoms with van der Waals surface area (Å²) in [5.74, 6) is 1.33. The van der Waals surface area contributed by atoms with E-state index in [9.17, 15) is 4.79 Å². The van der Waals surface area contributed by atoms with Crippen LogP contribution in [0.3, 0.4) is 0 Å². The molecule has 3 heterocycles.